The highest BCUT2D eigenvalue weighted by atomic mass is 32.1. The van der Waals surface area contributed by atoms with Crippen LogP contribution in [-0.2, 0) is 11.0 Å². The molecule has 2 fully saturated rings. The van der Waals surface area contributed by atoms with Crippen molar-refractivity contribution in [1.82, 2.24) is 9.88 Å². The number of anilines is 2. The molecule has 1 aromatic heterocycles. The number of carbonyl (C=O) groups is 1. The Morgan fingerprint density at radius 1 is 1.24 bits per heavy atom. The van der Waals surface area contributed by atoms with Gasteiger partial charge < -0.3 is 19.4 Å². The first kappa shape index (κ1) is 26.8. The highest BCUT2D eigenvalue weighted by Crippen LogP contribution is 2.43. The molecule has 7 nitrogen and oxygen atoms in total. The number of carbonyl (C=O) groups excluding carboxylic acids is 1. The summed E-state index contributed by atoms with van der Waals surface area (Å²) in [4.78, 5) is 22.5. The van der Waals surface area contributed by atoms with Crippen molar-refractivity contribution in [3.63, 3.8) is 0 Å². The molecule has 1 aliphatic heterocycles. The molecule has 2 aliphatic rings. The molecule has 1 saturated heterocycles. The van der Waals surface area contributed by atoms with E-state index in [1.54, 1.807) is 4.90 Å². The molecule has 0 radical (unpaired) electrons. The summed E-state index contributed by atoms with van der Waals surface area (Å²) in [5, 5.41) is 9.02. The second-order valence-corrected chi connectivity index (χ2v) is 9.75. The van der Waals surface area contributed by atoms with Crippen molar-refractivity contribution < 1.29 is 22.7 Å². The van der Waals surface area contributed by atoms with Gasteiger partial charge in [-0.05, 0) is 69.5 Å². The maximum Gasteiger partial charge on any atom is 0.419 e. The number of pyridine rings is 1. The van der Waals surface area contributed by atoms with Crippen molar-refractivity contribution in [2.45, 2.75) is 49.9 Å². The van der Waals surface area contributed by atoms with Gasteiger partial charge in [-0.3, -0.25) is 4.79 Å². The van der Waals surface area contributed by atoms with Gasteiger partial charge in [0.1, 0.15) is 23.5 Å². The third-order valence-electron chi connectivity index (χ3n) is 7.21. The van der Waals surface area contributed by atoms with Crippen LogP contribution in [0.4, 0.5) is 24.5 Å². The van der Waals surface area contributed by atoms with Crippen molar-refractivity contribution in [3.05, 3.63) is 47.8 Å². The summed E-state index contributed by atoms with van der Waals surface area (Å²) < 4.78 is 46.5. The first-order valence-electron chi connectivity index (χ1n) is 12.0. The van der Waals surface area contributed by atoms with E-state index in [1.807, 2.05) is 24.3 Å². The van der Waals surface area contributed by atoms with Gasteiger partial charge in [-0.25, -0.2) is 4.98 Å². The summed E-state index contributed by atoms with van der Waals surface area (Å²) in [5.41, 5.74) is -0.884. The maximum atomic E-state index is 13.7. The number of halogens is 3. The summed E-state index contributed by atoms with van der Waals surface area (Å²) in [5.74, 6) is 0.336. The summed E-state index contributed by atoms with van der Waals surface area (Å²) in [7, 11) is 3.50. The number of nitrogens with zero attached hydrogens (tertiary/aromatic N) is 5. The van der Waals surface area contributed by atoms with Crippen molar-refractivity contribution in [2.75, 3.05) is 37.0 Å². The lowest BCUT2D eigenvalue weighted by Gasteiger charge is -2.49. The number of ether oxygens (including phenoxy) is 1. The zero-order valence-electron chi connectivity index (χ0n) is 20.7. The highest BCUT2D eigenvalue weighted by molar-refractivity contribution is 7.79. The Morgan fingerprint density at radius 3 is 2.41 bits per heavy atom. The van der Waals surface area contributed by atoms with Crippen LogP contribution in [0.3, 0.4) is 0 Å². The predicted octanol–water partition coefficient (Wildman–Crippen LogP) is 4.79. The van der Waals surface area contributed by atoms with E-state index >= 15 is 0 Å². The molecule has 0 spiro atoms. The van der Waals surface area contributed by atoms with Gasteiger partial charge in [-0.1, -0.05) is 12.2 Å². The number of rotatable bonds is 7. The fourth-order valence-electron chi connectivity index (χ4n) is 4.83. The minimum atomic E-state index is -4.77. The van der Waals surface area contributed by atoms with Crippen LogP contribution in [0.5, 0.6) is 5.75 Å². The van der Waals surface area contributed by atoms with E-state index in [4.69, 9.17) is 22.2 Å². The van der Waals surface area contributed by atoms with Gasteiger partial charge in [-0.15, -0.1) is 0 Å². The number of alkyl halides is 3. The number of benzene rings is 1. The third-order valence-corrected chi connectivity index (χ3v) is 7.42. The molecular weight excluding hydrogens is 503 g/mol. The molecule has 2 heterocycles. The number of likely N-dealkylation sites (tertiary alicyclic amines) is 1. The summed E-state index contributed by atoms with van der Waals surface area (Å²) >= 11 is 5.30. The number of piperidine rings is 1. The lowest BCUT2D eigenvalue weighted by molar-refractivity contribution is -0.138. The lowest BCUT2D eigenvalue weighted by atomic mass is 9.74. The van der Waals surface area contributed by atoms with Crippen molar-refractivity contribution >= 4 is 35.0 Å². The van der Waals surface area contributed by atoms with Crippen LogP contribution in [0.2, 0.25) is 0 Å². The molecule has 37 heavy (non-hydrogen) atoms. The second kappa shape index (κ2) is 10.6. The van der Waals surface area contributed by atoms with Gasteiger partial charge in [0.05, 0.1) is 22.9 Å². The second-order valence-electron chi connectivity index (χ2n) is 9.54. The predicted molar refractivity (Wildman–Crippen MR) is 138 cm³/mol. The number of likely N-dealkylation sites (N-methyl/N-ethyl adjacent to an activating group) is 1. The van der Waals surface area contributed by atoms with Crippen molar-refractivity contribution in [1.29, 1.82) is 5.26 Å². The molecule has 1 aliphatic carbocycles. The first-order valence-corrected chi connectivity index (χ1v) is 12.5. The highest BCUT2D eigenvalue weighted by Gasteiger charge is 2.50. The normalized spacial score (nSPS) is 17.8. The van der Waals surface area contributed by atoms with Crippen LogP contribution in [0, 0.1) is 11.3 Å². The molecule has 4 rings (SSSR count). The van der Waals surface area contributed by atoms with E-state index in [9.17, 15) is 18.0 Å². The standard InChI is InChI=1S/C26H28F3N5O2S/c1-32-12-8-21(9-13-32)36-20-6-4-18(5-7-20)34(17-37)25(10-3-11-25)24(35)33(2)19-14-22(26(27,28)29)23(15-30)31-16-19/h4-7,14,16-17,21H,3,8-13H2,1-2H3. The fraction of sp³-hybridized carbons (Fsp3) is 0.462. The number of amides is 1. The number of hydrogen-bond donors (Lipinski definition) is 0. The van der Waals surface area contributed by atoms with Gasteiger partial charge in [0.15, 0.2) is 5.69 Å². The van der Waals surface area contributed by atoms with E-state index in [-0.39, 0.29) is 11.8 Å². The summed E-state index contributed by atoms with van der Waals surface area (Å²) in [6.07, 6.45) is 0.150. The van der Waals surface area contributed by atoms with E-state index in [1.165, 1.54) is 18.6 Å². The van der Waals surface area contributed by atoms with Crippen LogP contribution in [0.1, 0.15) is 43.4 Å². The zero-order valence-corrected chi connectivity index (χ0v) is 21.5. The molecule has 0 unspecified atom stereocenters. The topological polar surface area (TPSA) is 72.7 Å². The Morgan fingerprint density at radius 2 is 1.89 bits per heavy atom. The van der Waals surface area contributed by atoms with Crippen molar-refractivity contribution in [3.8, 4) is 11.8 Å². The van der Waals surface area contributed by atoms with Crippen molar-refractivity contribution in [2.24, 2.45) is 0 Å². The van der Waals surface area contributed by atoms with Gasteiger partial charge in [0.2, 0.25) is 0 Å². The molecule has 2 aromatic rings. The van der Waals surface area contributed by atoms with E-state index in [2.05, 4.69) is 16.9 Å². The van der Waals surface area contributed by atoms with Crippen LogP contribution in [0.15, 0.2) is 36.5 Å². The Labute approximate surface area is 219 Å². The van der Waals surface area contributed by atoms with Gasteiger partial charge in [0, 0.05) is 25.8 Å². The molecule has 11 heteroatoms. The molecular formula is C26H28F3N5O2S. The zero-order chi connectivity index (χ0) is 26.8. The van der Waals surface area contributed by atoms with Gasteiger partial charge in [-0.2, -0.15) is 18.4 Å². The minimum absolute atomic E-state index is 0.0474. The molecule has 0 N–H and O–H groups in total. The number of aromatic nitrogens is 1. The maximum absolute atomic E-state index is 13.7. The monoisotopic (exact) mass is 531 g/mol. The van der Waals surface area contributed by atoms with E-state index in [0.717, 1.165) is 55.3 Å². The Kier molecular flexibility index (Phi) is 7.71. The van der Waals surface area contributed by atoms with Gasteiger partial charge >= 0.3 is 6.18 Å². The Hall–Kier alpha value is -3.23. The SMILES string of the molecule is CN1CCC(Oc2ccc(N(C=S)C3(C(=O)N(C)c4cnc(C#N)c(C(F)(F)F)c4)CCC3)cc2)CC1. The molecule has 0 bridgehead atoms. The molecule has 196 valence electrons. The van der Waals surface area contributed by atoms with Gasteiger partial charge in [0.25, 0.3) is 5.91 Å². The van der Waals surface area contributed by atoms with E-state index in [0.29, 0.717) is 18.5 Å². The molecule has 1 aromatic carbocycles. The van der Waals surface area contributed by atoms with E-state index < -0.39 is 28.9 Å². The molecule has 1 amide bonds. The van der Waals surface area contributed by atoms with Crippen LogP contribution in [0.25, 0.3) is 0 Å². The minimum Gasteiger partial charge on any atom is -0.490 e. The largest absolute Gasteiger partial charge is 0.490 e. The number of nitriles is 1. The summed E-state index contributed by atoms with van der Waals surface area (Å²) in [6, 6.07) is 9.61. The molecule has 0 atom stereocenters. The summed E-state index contributed by atoms with van der Waals surface area (Å²) in [6.45, 7) is 1.97. The average molecular weight is 532 g/mol. The quantitative estimate of drug-likeness (QED) is 0.476. The number of thiocarbonyl (C=S) groups is 1. The Bertz CT molecular complexity index is 1190. The third kappa shape index (κ3) is 5.40. The Balaban J connectivity index is 1.55. The molecule has 1 saturated carbocycles. The lowest BCUT2D eigenvalue weighted by Crippen LogP contribution is -2.63. The van der Waals surface area contributed by atoms with Crippen LogP contribution < -0.4 is 14.5 Å². The smallest absolute Gasteiger partial charge is 0.419 e. The van der Waals surface area contributed by atoms with Crippen LogP contribution >= 0.6 is 12.2 Å². The number of hydrogen-bond acceptors (Lipinski definition) is 6. The fourth-order valence-corrected chi connectivity index (χ4v) is 5.15. The first-order chi connectivity index (χ1) is 17.6. The van der Waals surface area contributed by atoms with Crippen LogP contribution in [-0.4, -0.2) is 60.1 Å². The average Bonchev–Trinajstić information content (AvgIpc) is 2.86.